The lowest BCUT2D eigenvalue weighted by Crippen LogP contribution is -2.25. The second kappa shape index (κ2) is 7.43. The van der Waals surface area contributed by atoms with Gasteiger partial charge < -0.3 is 19.6 Å². The molecule has 0 saturated carbocycles. The first-order chi connectivity index (χ1) is 12.2. The molecule has 0 saturated heterocycles. The summed E-state index contributed by atoms with van der Waals surface area (Å²) < 4.78 is 9.89. The van der Waals surface area contributed by atoms with Crippen molar-refractivity contribution in [3.63, 3.8) is 0 Å². The third-order valence-electron chi connectivity index (χ3n) is 4.10. The van der Waals surface area contributed by atoms with E-state index in [1.807, 2.05) is 0 Å². The van der Waals surface area contributed by atoms with Crippen molar-refractivity contribution >= 4 is 17.7 Å². The van der Waals surface area contributed by atoms with Crippen LogP contribution in [0.2, 0.25) is 0 Å². The fourth-order valence-electron chi connectivity index (χ4n) is 2.70. The van der Waals surface area contributed by atoms with E-state index in [-0.39, 0.29) is 22.6 Å². The average Bonchev–Trinajstić information content (AvgIpc) is 2.87. The smallest absolute Gasteiger partial charge is 0.342 e. The maximum Gasteiger partial charge on any atom is 0.342 e. The third kappa shape index (κ3) is 3.61. The molecule has 26 heavy (non-hydrogen) atoms. The number of aromatic hydroxyl groups is 1. The monoisotopic (exact) mass is 359 g/mol. The molecule has 0 spiro atoms. The average molecular weight is 359 g/mol. The Morgan fingerprint density at radius 2 is 1.77 bits per heavy atom. The number of rotatable bonds is 5. The first-order valence-electron chi connectivity index (χ1n) is 7.99. The van der Waals surface area contributed by atoms with Crippen LogP contribution in [0, 0.1) is 20.8 Å². The van der Waals surface area contributed by atoms with Crippen molar-refractivity contribution in [1.29, 1.82) is 0 Å². The molecule has 0 fully saturated rings. The van der Waals surface area contributed by atoms with Gasteiger partial charge in [0.15, 0.2) is 6.10 Å². The number of aryl methyl sites for hydroxylation is 2. The van der Waals surface area contributed by atoms with Gasteiger partial charge in [-0.3, -0.25) is 4.79 Å². The molecular formula is C19H21NO6. The number of hydrogen-bond acceptors (Lipinski definition) is 6. The van der Waals surface area contributed by atoms with Crippen LogP contribution < -0.4 is 0 Å². The SMILES string of the molecule is COC(=O)c1c(C)[nH]c(C(=O)[C@@H](C)OC(=O)c2ccc(C)cc2O)c1C. The first kappa shape index (κ1) is 19.2. The normalized spacial score (nSPS) is 11.7. The summed E-state index contributed by atoms with van der Waals surface area (Å²) in [5.74, 6) is -2.06. The summed E-state index contributed by atoms with van der Waals surface area (Å²) in [6.07, 6.45) is -1.11. The van der Waals surface area contributed by atoms with E-state index in [4.69, 9.17) is 9.47 Å². The molecule has 0 radical (unpaired) electrons. The van der Waals surface area contributed by atoms with Crippen LogP contribution in [-0.4, -0.2) is 41.0 Å². The van der Waals surface area contributed by atoms with Gasteiger partial charge in [0.2, 0.25) is 5.78 Å². The number of ketones is 1. The number of esters is 2. The van der Waals surface area contributed by atoms with Crippen molar-refractivity contribution in [2.24, 2.45) is 0 Å². The second-order valence-electron chi connectivity index (χ2n) is 6.05. The minimum Gasteiger partial charge on any atom is -0.507 e. The Morgan fingerprint density at radius 1 is 1.12 bits per heavy atom. The number of methoxy groups -OCH3 is 1. The highest BCUT2D eigenvalue weighted by atomic mass is 16.5. The number of nitrogens with one attached hydrogen (secondary N) is 1. The van der Waals surface area contributed by atoms with Crippen molar-refractivity contribution in [3.05, 3.63) is 51.8 Å². The van der Waals surface area contributed by atoms with Crippen LogP contribution in [0.25, 0.3) is 0 Å². The molecule has 138 valence electrons. The molecule has 2 rings (SSSR count). The summed E-state index contributed by atoms with van der Waals surface area (Å²) >= 11 is 0. The van der Waals surface area contributed by atoms with E-state index in [0.29, 0.717) is 11.3 Å². The molecule has 0 amide bonds. The number of hydrogen-bond donors (Lipinski definition) is 2. The largest absolute Gasteiger partial charge is 0.507 e. The van der Waals surface area contributed by atoms with E-state index in [0.717, 1.165) is 5.56 Å². The summed E-state index contributed by atoms with van der Waals surface area (Å²) in [6.45, 7) is 6.47. The number of aromatic amines is 1. The second-order valence-corrected chi connectivity index (χ2v) is 6.05. The van der Waals surface area contributed by atoms with Gasteiger partial charge in [0.1, 0.15) is 11.3 Å². The van der Waals surface area contributed by atoms with Crippen LogP contribution in [0.3, 0.4) is 0 Å². The van der Waals surface area contributed by atoms with Crippen LogP contribution in [0.1, 0.15) is 54.9 Å². The number of aromatic nitrogens is 1. The third-order valence-corrected chi connectivity index (χ3v) is 4.10. The van der Waals surface area contributed by atoms with Crippen LogP contribution in [-0.2, 0) is 9.47 Å². The number of benzene rings is 1. The number of ether oxygens (including phenoxy) is 2. The molecule has 1 aromatic carbocycles. The fraction of sp³-hybridized carbons (Fsp3) is 0.316. The highest BCUT2D eigenvalue weighted by molar-refractivity contribution is 6.04. The summed E-state index contributed by atoms with van der Waals surface area (Å²) in [6, 6.07) is 4.53. The molecular weight excluding hydrogens is 338 g/mol. The predicted octanol–water partition coefficient (Wildman–Crippen LogP) is 2.86. The topological polar surface area (TPSA) is 106 Å². The van der Waals surface area contributed by atoms with Gasteiger partial charge in [0, 0.05) is 5.69 Å². The lowest BCUT2D eigenvalue weighted by Gasteiger charge is -2.13. The molecule has 0 bridgehead atoms. The first-order valence-corrected chi connectivity index (χ1v) is 7.99. The lowest BCUT2D eigenvalue weighted by atomic mass is 10.1. The minimum absolute atomic E-state index is 0.0233. The molecule has 0 unspecified atom stereocenters. The summed E-state index contributed by atoms with van der Waals surface area (Å²) in [7, 11) is 1.26. The van der Waals surface area contributed by atoms with Crippen molar-refractivity contribution in [2.75, 3.05) is 7.11 Å². The number of H-pyrrole nitrogens is 1. The van der Waals surface area contributed by atoms with E-state index in [9.17, 15) is 19.5 Å². The number of carbonyl (C=O) groups excluding carboxylic acids is 3. The zero-order chi connectivity index (χ0) is 19.6. The Morgan fingerprint density at radius 3 is 2.35 bits per heavy atom. The van der Waals surface area contributed by atoms with E-state index >= 15 is 0 Å². The van der Waals surface area contributed by atoms with Gasteiger partial charge >= 0.3 is 11.9 Å². The number of carbonyl (C=O) groups is 3. The van der Waals surface area contributed by atoms with Crippen LogP contribution in [0.5, 0.6) is 5.75 Å². The minimum atomic E-state index is -1.11. The Kier molecular flexibility index (Phi) is 5.50. The lowest BCUT2D eigenvalue weighted by molar-refractivity contribution is 0.0314. The van der Waals surface area contributed by atoms with E-state index < -0.39 is 23.8 Å². The Balaban J connectivity index is 2.22. The van der Waals surface area contributed by atoms with Gasteiger partial charge in [0.25, 0.3) is 0 Å². The zero-order valence-electron chi connectivity index (χ0n) is 15.3. The molecule has 1 heterocycles. The molecule has 2 N–H and O–H groups in total. The van der Waals surface area contributed by atoms with Crippen LogP contribution in [0.4, 0.5) is 0 Å². The zero-order valence-corrected chi connectivity index (χ0v) is 15.3. The highest BCUT2D eigenvalue weighted by Crippen LogP contribution is 2.23. The van der Waals surface area contributed by atoms with Gasteiger partial charge in [-0.05, 0) is 51.0 Å². The van der Waals surface area contributed by atoms with Crippen molar-refractivity contribution in [1.82, 2.24) is 4.98 Å². The van der Waals surface area contributed by atoms with E-state index in [2.05, 4.69) is 4.98 Å². The van der Waals surface area contributed by atoms with Gasteiger partial charge in [-0.2, -0.15) is 0 Å². The van der Waals surface area contributed by atoms with E-state index in [1.165, 1.54) is 26.2 Å². The fourth-order valence-corrected chi connectivity index (χ4v) is 2.70. The molecule has 0 aliphatic heterocycles. The Bertz CT molecular complexity index is 880. The summed E-state index contributed by atoms with van der Waals surface area (Å²) in [4.78, 5) is 39.5. The van der Waals surface area contributed by atoms with Gasteiger partial charge in [-0.15, -0.1) is 0 Å². The Labute approximate surface area is 150 Å². The molecule has 7 nitrogen and oxygen atoms in total. The predicted molar refractivity (Wildman–Crippen MR) is 93.7 cm³/mol. The van der Waals surface area contributed by atoms with Gasteiger partial charge in [-0.1, -0.05) is 6.07 Å². The van der Waals surface area contributed by atoms with Crippen LogP contribution in [0.15, 0.2) is 18.2 Å². The van der Waals surface area contributed by atoms with Gasteiger partial charge in [-0.25, -0.2) is 9.59 Å². The molecule has 1 atom stereocenters. The Hall–Kier alpha value is -3.09. The number of phenolic OH excluding ortho intramolecular Hbond substituents is 1. The molecule has 0 aliphatic carbocycles. The standard InChI is InChI=1S/C19H21NO6/c1-9-6-7-13(14(21)8-9)18(23)26-12(4)17(22)16-10(2)15(11(3)20-16)19(24)25-5/h6-8,12,20-21H,1-5H3/t12-/m1/s1. The van der Waals surface area contributed by atoms with Crippen molar-refractivity contribution < 1.29 is 29.0 Å². The summed E-state index contributed by atoms with van der Waals surface area (Å²) in [5.41, 5.74) is 2.15. The maximum absolute atomic E-state index is 12.6. The van der Waals surface area contributed by atoms with Crippen LogP contribution >= 0.6 is 0 Å². The van der Waals surface area contributed by atoms with E-state index in [1.54, 1.807) is 26.8 Å². The quantitative estimate of drug-likeness (QED) is 0.628. The maximum atomic E-state index is 12.6. The molecule has 0 aliphatic rings. The highest BCUT2D eigenvalue weighted by Gasteiger charge is 2.28. The molecule has 2 aromatic rings. The molecule has 7 heteroatoms. The van der Waals surface area contributed by atoms with Crippen molar-refractivity contribution in [3.8, 4) is 5.75 Å². The number of Topliss-reactive ketones (excluding diaryl/α,β-unsaturated/α-hetero) is 1. The summed E-state index contributed by atoms with van der Waals surface area (Å²) in [5, 5.41) is 9.86. The molecule has 1 aromatic heterocycles. The van der Waals surface area contributed by atoms with Crippen molar-refractivity contribution in [2.45, 2.75) is 33.8 Å². The van der Waals surface area contributed by atoms with Gasteiger partial charge in [0.05, 0.1) is 18.4 Å². The number of phenols is 1.